The molecule has 2 fully saturated rings. The Morgan fingerprint density at radius 1 is 0.980 bits per heavy atom. The summed E-state index contributed by atoms with van der Waals surface area (Å²) in [4.78, 5) is 45.1. The first-order valence-corrected chi connectivity index (χ1v) is 17.7. The Bertz CT molecular complexity index is 1880. The fraction of sp³-hybridized carbons (Fsp3) is 0.486. The number of aromatic nitrogens is 4. The summed E-state index contributed by atoms with van der Waals surface area (Å²) in [5.41, 5.74) is 3.55. The third kappa shape index (κ3) is 6.23. The molecular formula is C37H45ClN8O4. The highest BCUT2D eigenvalue weighted by Crippen LogP contribution is 2.50. The third-order valence-corrected chi connectivity index (χ3v) is 11.1. The molecule has 0 bridgehead atoms. The van der Waals surface area contributed by atoms with Gasteiger partial charge in [-0.3, -0.25) is 9.59 Å². The van der Waals surface area contributed by atoms with Gasteiger partial charge in [-0.05, 0) is 81.1 Å². The molecule has 1 aliphatic carbocycles. The molecule has 3 aliphatic rings. The van der Waals surface area contributed by atoms with Crippen molar-refractivity contribution in [2.75, 3.05) is 72.5 Å². The van der Waals surface area contributed by atoms with Crippen molar-refractivity contribution in [1.82, 2.24) is 34.4 Å². The zero-order chi connectivity index (χ0) is 35.0. The van der Waals surface area contributed by atoms with Gasteiger partial charge in [-0.15, -0.1) is 0 Å². The van der Waals surface area contributed by atoms with E-state index in [1.54, 1.807) is 20.5 Å². The van der Waals surface area contributed by atoms with E-state index >= 15 is 0 Å². The third-order valence-electron chi connectivity index (χ3n) is 10.7. The summed E-state index contributed by atoms with van der Waals surface area (Å²) in [6, 6.07) is 11.9. The maximum absolute atomic E-state index is 14.0. The second kappa shape index (κ2) is 14.1. The van der Waals surface area contributed by atoms with Gasteiger partial charge >= 0.3 is 0 Å². The predicted molar refractivity (Wildman–Crippen MR) is 192 cm³/mol. The van der Waals surface area contributed by atoms with Crippen LogP contribution in [0.1, 0.15) is 42.4 Å². The van der Waals surface area contributed by atoms with Crippen molar-refractivity contribution in [3.63, 3.8) is 0 Å². The molecule has 50 heavy (non-hydrogen) atoms. The standard InChI is InChI=1S/C37H45ClN8O4/c1-42(2)23-33(47)45-14-11-26-19-31(49-3)32(50-4)20-29(26)37(45)12-9-25(10-13-37)36(48)44-17-15-43(16-18-44)34-28-21-41-46(35(28)40-24-39-34)22-27-7-5-6-8-30(27)38/h5-8,19-21,24-25H,9-18,22-23H2,1-4H3/t25-,37-. The molecule has 0 unspecified atom stereocenters. The van der Waals surface area contributed by atoms with Crippen molar-refractivity contribution in [1.29, 1.82) is 0 Å². The number of piperazine rings is 1. The first-order valence-electron chi connectivity index (χ1n) is 17.4. The number of fused-ring (bicyclic) bond motifs is 3. The van der Waals surface area contributed by atoms with Crippen LogP contribution in [-0.2, 0) is 28.1 Å². The summed E-state index contributed by atoms with van der Waals surface area (Å²) in [5, 5.41) is 6.19. The van der Waals surface area contributed by atoms with E-state index in [0.717, 1.165) is 60.1 Å². The minimum absolute atomic E-state index is 0.0858. The van der Waals surface area contributed by atoms with Crippen LogP contribution in [0.4, 0.5) is 5.82 Å². The van der Waals surface area contributed by atoms with E-state index in [1.807, 2.05) is 59.0 Å². The number of benzene rings is 2. The minimum atomic E-state index is -0.482. The molecule has 2 amide bonds. The van der Waals surface area contributed by atoms with Crippen LogP contribution in [-0.4, -0.2) is 114 Å². The molecule has 7 rings (SSSR count). The molecule has 0 atom stereocenters. The first-order chi connectivity index (χ1) is 24.2. The number of anilines is 1. The van der Waals surface area contributed by atoms with E-state index in [2.05, 4.69) is 37.0 Å². The summed E-state index contributed by atoms with van der Waals surface area (Å²) < 4.78 is 13.2. The number of halogens is 1. The minimum Gasteiger partial charge on any atom is -0.493 e. The van der Waals surface area contributed by atoms with Crippen molar-refractivity contribution in [3.8, 4) is 11.5 Å². The number of hydrogen-bond donors (Lipinski definition) is 0. The number of rotatable bonds is 8. The lowest BCUT2D eigenvalue weighted by atomic mass is 9.68. The lowest BCUT2D eigenvalue weighted by molar-refractivity contribution is -0.144. The Labute approximate surface area is 297 Å². The summed E-state index contributed by atoms with van der Waals surface area (Å²) >= 11 is 6.42. The van der Waals surface area contributed by atoms with Crippen molar-refractivity contribution in [3.05, 3.63) is 70.6 Å². The Morgan fingerprint density at radius 3 is 2.40 bits per heavy atom. The van der Waals surface area contributed by atoms with Gasteiger partial charge in [0.2, 0.25) is 11.8 Å². The Morgan fingerprint density at radius 2 is 1.70 bits per heavy atom. The van der Waals surface area contributed by atoms with Gasteiger partial charge in [0.25, 0.3) is 0 Å². The maximum atomic E-state index is 14.0. The molecule has 4 heterocycles. The molecule has 1 saturated heterocycles. The quantitative estimate of drug-likeness (QED) is 0.267. The molecule has 13 heteroatoms. The molecule has 2 aromatic carbocycles. The molecule has 1 spiro atoms. The molecule has 2 aromatic heterocycles. The fourth-order valence-electron chi connectivity index (χ4n) is 8.19. The number of ether oxygens (including phenoxy) is 2. The van der Waals surface area contributed by atoms with Crippen molar-refractivity contribution < 1.29 is 19.1 Å². The topological polar surface area (TPSA) is 109 Å². The lowest BCUT2D eigenvalue weighted by Gasteiger charge is -2.52. The zero-order valence-corrected chi connectivity index (χ0v) is 30.0. The SMILES string of the molecule is COc1cc2c(cc1OC)[C@]1(CC[C@@H](C(=O)N3CCN(c4ncnc5c4cnn5Cc4ccccc4Cl)CC3)CC1)N(C(=O)CN(C)C)CC2. The largest absolute Gasteiger partial charge is 0.493 e. The summed E-state index contributed by atoms with van der Waals surface area (Å²) in [6.45, 7) is 4.08. The van der Waals surface area contributed by atoms with Crippen LogP contribution in [0.25, 0.3) is 11.0 Å². The van der Waals surface area contributed by atoms with Gasteiger partial charge in [-0.2, -0.15) is 5.10 Å². The van der Waals surface area contributed by atoms with E-state index < -0.39 is 5.54 Å². The zero-order valence-electron chi connectivity index (χ0n) is 29.3. The number of carbonyl (C=O) groups excluding carboxylic acids is 2. The van der Waals surface area contributed by atoms with Gasteiger partial charge in [0.05, 0.1) is 44.4 Å². The van der Waals surface area contributed by atoms with Gasteiger partial charge in [0.15, 0.2) is 17.1 Å². The Hall–Kier alpha value is -4.42. The van der Waals surface area contributed by atoms with E-state index in [4.69, 9.17) is 21.1 Å². The van der Waals surface area contributed by atoms with Crippen LogP contribution in [0.15, 0.2) is 48.9 Å². The van der Waals surface area contributed by atoms with E-state index in [9.17, 15) is 9.59 Å². The molecule has 2 aliphatic heterocycles. The van der Waals surface area contributed by atoms with Crippen LogP contribution in [0.5, 0.6) is 11.5 Å². The highest BCUT2D eigenvalue weighted by atomic mass is 35.5. The molecular weight excluding hydrogens is 656 g/mol. The lowest BCUT2D eigenvalue weighted by Crippen LogP contribution is -2.57. The average molecular weight is 701 g/mol. The van der Waals surface area contributed by atoms with Crippen LogP contribution in [0.2, 0.25) is 5.02 Å². The number of hydrogen-bond acceptors (Lipinski definition) is 9. The monoisotopic (exact) mass is 700 g/mol. The molecule has 0 N–H and O–H groups in total. The second-order valence-electron chi connectivity index (χ2n) is 13.8. The van der Waals surface area contributed by atoms with Crippen molar-refractivity contribution in [2.45, 2.75) is 44.2 Å². The molecule has 1 saturated carbocycles. The van der Waals surface area contributed by atoms with E-state index in [0.29, 0.717) is 62.3 Å². The number of methoxy groups -OCH3 is 2. The highest BCUT2D eigenvalue weighted by molar-refractivity contribution is 6.31. The fourth-order valence-corrected chi connectivity index (χ4v) is 8.38. The number of nitrogens with zero attached hydrogens (tertiary/aromatic N) is 8. The van der Waals surface area contributed by atoms with Crippen LogP contribution in [0.3, 0.4) is 0 Å². The van der Waals surface area contributed by atoms with Gasteiger partial charge < -0.3 is 29.1 Å². The van der Waals surface area contributed by atoms with Crippen LogP contribution >= 0.6 is 11.6 Å². The maximum Gasteiger partial charge on any atom is 0.237 e. The molecule has 12 nitrogen and oxygen atoms in total. The van der Waals surface area contributed by atoms with Crippen molar-refractivity contribution >= 4 is 40.3 Å². The highest BCUT2D eigenvalue weighted by Gasteiger charge is 2.49. The van der Waals surface area contributed by atoms with Crippen LogP contribution in [0, 0.1) is 5.92 Å². The molecule has 0 radical (unpaired) electrons. The number of amides is 2. The number of likely N-dealkylation sites (N-methyl/N-ethyl adjacent to an activating group) is 1. The van der Waals surface area contributed by atoms with Crippen molar-refractivity contribution in [2.24, 2.45) is 5.92 Å². The summed E-state index contributed by atoms with van der Waals surface area (Å²) in [6.07, 6.45) is 7.04. The predicted octanol–water partition coefficient (Wildman–Crippen LogP) is 4.23. The summed E-state index contributed by atoms with van der Waals surface area (Å²) in [7, 11) is 7.15. The summed E-state index contributed by atoms with van der Waals surface area (Å²) in [5.74, 6) is 2.43. The first kappa shape index (κ1) is 34.0. The van der Waals surface area contributed by atoms with Gasteiger partial charge in [-0.25, -0.2) is 14.6 Å². The normalized spacial score (nSPS) is 20.8. The van der Waals surface area contributed by atoms with Gasteiger partial charge in [0.1, 0.15) is 12.1 Å². The van der Waals surface area contributed by atoms with Gasteiger partial charge in [0, 0.05) is 43.7 Å². The average Bonchev–Trinajstić information content (AvgIpc) is 3.54. The molecule has 4 aromatic rings. The van der Waals surface area contributed by atoms with E-state index in [-0.39, 0.29) is 17.7 Å². The van der Waals surface area contributed by atoms with Crippen LogP contribution < -0.4 is 14.4 Å². The smallest absolute Gasteiger partial charge is 0.237 e. The van der Waals surface area contributed by atoms with E-state index in [1.165, 1.54) is 5.56 Å². The number of carbonyl (C=O) groups is 2. The second-order valence-corrected chi connectivity index (χ2v) is 14.3. The molecule has 264 valence electrons. The van der Waals surface area contributed by atoms with Gasteiger partial charge in [-0.1, -0.05) is 29.8 Å². The Kier molecular flexibility index (Phi) is 9.58. The Balaban J connectivity index is 1.04.